The number of nitrogens with zero attached hydrogens (tertiary/aromatic N) is 1. The number of hydrogen-bond donors (Lipinski definition) is 0. The third kappa shape index (κ3) is 3.10. The van der Waals surface area contributed by atoms with Gasteiger partial charge in [-0.15, -0.1) is 0 Å². The molecule has 2 aromatic rings. The normalized spacial score (nSPS) is 10.2. The van der Waals surface area contributed by atoms with Crippen LogP contribution < -0.4 is 4.90 Å². The van der Waals surface area contributed by atoms with E-state index in [-0.39, 0.29) is 0 Å². The molecule has 0 amide bonds. The van der Waals surface area contributed by atoms with Gasteiger partial charge in [0, 0.05) is 18.8 Å². The molecule has 0 spiro atoms. The molecule has 0 fully saturated rings. The summed E-state index contributed by atoms with van der Waals surface area (Å²) in [7, 11) is 0. The zero-order valence-corrected chi connectivity index (χ0v) is 10.6. The third-order valence-electron chi connectivity index (χ3n) is 3.00. The van der Waals surface area contributed by atoms with Crippen molar-refractivity contribution in [3.8, 4) is 0 Å². The monoisotopic (exact) mass is 225 g/mol. The van der Waals surface area contributed by atoms with Gasteiger partial charge in [0.25, 0.3) is 0 Å². The topological polar surface area (TPSA) is 3.24 Å². The van der Waals surface area contributed by atoms with Crippen LogP contribution in [0.5, 0.6) is 0 Å². The summed E-state index contributed by atoms with van der Waals surface area (Å²) in [6, 6.07) is 19.3. The van der Waals surface area contributed by atoms with Crippen LogP contribution in [0.15, 0.2) is 54.6 Å². The summed E-state index contributed by atoms with van der Waals surface area (Å²) in [5.74, 6) is 0. The molecule has 0 aromatic heterocycles. The molecule has 17 heavy (non-hydrogen) atoms. The second kappa shape index (κ2) is 5.53. The highest BCUT2D eigenvalue weighted by atomic mass is 15.1. The molecule has 0 aliphatic carbocycles. The Balaban J connectivity index is 2.14. The highest BCUT2D eigenvalue weighted by Crippen LogP contribution is 2.17. The molecular formula is C16H19N. The molecule has 0 bridgehead atoms. The first-order valence-corrected chi connectivity index (χ1v) is 6.15. The summed E-state index contributed by atoms with van der Waals surface area (Å²) in [4.78, 5) is 2.38. The van der Waals surface area contributed by atoms with Gasteiger partial charge >= 0.3 is 0 Å². The number of hydrogen-bond acceptors (Lipinski definition) is 1. The molecule has 0 aliphatic rings. The third-order valence-corrected chi connectivity index (χ3v) is 3.00. The van der Waals surface area contributed by atoms with Crippen molar-refractivity contribution in [1.82, 2.24) is 0 Å². The summed E-state index contributed by atoms with van der Waals surface area (Å²) < 4.78 is 0. The van der Waals surface area contributed by atoms with Crippen LogP contribution in [0, 0.1) is 6.92 Å². The molecule has 1 heteroatoms. The maximum absolute atomic E-state index is 2.38. The smallest absolute Gasteiger partial charge is 0.0429 e. The van der Waals surface area contributed by atoms with Gasteiger partial charge in [-0.05, 0) is 31.5 Å². The van der Waals surface area contributed by atoms with E-state index in [1.54, 1.807) is 0 Å². The lowest BCUT2D eigenvalue weighted by Crippen LogP contribution is -2.21. The Bertz CT molecular complexity index is 445. The van der Waals surface area contributed by atoms with Crippen molar-refractivity contribution in [3.05, 3.63) is 65.7 Å². The molecule has 0 radical (unpaired) electrons. The number of aryl methyl sites for hydroxylation is 1. The van der Waals surface area contributed by atoms with Crippen molar-refractivity contribution in [2.75, 3.05) is 11.4 Å². The average molecular weight is 225 g/mol. The molecule has 2 rings (SSSR count). The van der Waals surface area contributed by atoms with Crippen molar-refractivity contribution in [2.24, 2.45) is 0 Å². The quantitative estimate of drug-likeness (QED) is 0.759. The Hall–Kier alpha value is -1.76. The number of benzene rings is 2. The lowest BCUT2D eigenvalue weighted by molar-refractivity contribution is 0.832. The minimum absolute atomic E-state index is 0.973. The summed E-state index contributed by atoms with van der Waals surface area (Å²) >= 11 is 0. The molecule has 0 aliphatic heterocycles. The van der Waals surface area contributed by atoms with Crippen LogP contribution in [-0.4, -0.2) is 6.54 Å². The van der Waals surface area contributed by atoms with Crippen LogP contribution in [0.25, 0.3) is 0 Å². The van der Waals surface area contributed by atoms with Gasteiger partial charge in [0.1, 0.15) is 0 Å². The fourth-order valence-corrected chi connectivity index (χ4v) is 1.95. The second-order valence-corrected chi connectivity index (χ2v) is 4.34. The van der Waals surface area contributed by atoms with Crippen LogP contribution in [0.1, 0.15) is 18.1 Å². The Morgan fingerprint density at radius 1 is 0.882 bits per heavy atom. The minimum Gasteiger partial charge on any atom is -0.367 e. The van der Waals surface area contributed by atoms with Crippen LogP contribution in [0.2, 0.25) is 0 Å². The van der Waals surface area contributed by atoms with E-state index in [0.717, 1.165) is 13.1 Å². The SMILES string of the molecule is CCN(Cc1ccccc1)c1ccc(C)cc1. The van der Waals surface area contributed by atoms with E-state index in [1.165, 1.54) is 16.8 Å². The van der Waals surface area contributed by atoms with E-state index >= 15 is 0 Å². The maximum Gasteiger partial charge on any atom is 0.0429 e. The fraction of sp³-hybridized carbons (Fsp3) is 0.250. The zero-order chi connectivity index (χ0) is 12.1. The Morgan fingerprint density at radius 3 is 2.12 bits per heavy atom. The lowest BCUT2D eigenvalue weighted by Gasteiger charge is -2.23. The van der Waals surface area contributed by atoms with Crippen LogP contribution >= 0.6 is 0 Å². The molecule has 1 nitrogen and oxygen atoms in total. The molecular weight excluding hydrogens is 206 g/mol. The zero-order valence-electron chi connectivity index (χ0n) is 10.6. The van der Waals surface area contributed by atoms with Gasteiger partial charge in [0.15, 0.2) is 0 Å². The van der Waals surface area contributed by atoms with E-state index < -0.39 is 0 Å². The van der Waals surface area contributed by atoms with Crippen molar-refractivity contribution >= 4 is 5.69 Å². The predicted molar refractivity (Wildman–Crippen MR) is 74.3 cm³/mol. The summed E-state index contributed by atoms with van der Waals surface area (Å²) in [6.45, 7) is 6.32. The second-order valence-electron chi connectivity index (χ2n) is 4.34. The largest absolute Gasteiger partial charge is 0.367 e. The van der Waals surface area contributed by atoms with E-state index in [9.17, 15) is 0 Å². The first-order chi connectivity index (χ1) is 8.29. The lowest BCUT2D eigenvalue weighted by atomic mass is 10.1. The highest BCUT2D eigenvalue weighted by molar-refractivity contribution is 5.47. The standard InChI is InChI=1S/C16H19N/c1-3-17(13-15-7-5-4-6-8-15)16-11-9-14(2)10-12-16/h4-12H,3,13H2,1-2H3. The van der Waals surface area contributed by atoms with Gasteiger partial charge in [0.2, 0.25) is 0 Å². The first kappa shape index (κ1) is 11.7. The van der Waals surface area contributed by atoms with Gasteiger partial charge in [-0.2, -0.15) is 0 Å². The summed E-state index contributed by atoms with van der Waals surface area (Å²) in [5.41, 5.74) is 3.96. The average Bonchev–Trinajstić information content (AvgIpc) is 2.38. The van der Waals surface area contributed by atoms with Gasteiger partial charge in [-0.25, -0.2) is 0 Å². The van der Waals surface area contributed by atoms with E-state index in [1.807, 2.05) is 0 Å². The Labute approximate surface area is 104 Å². The summed E-state index contributed by atoms with van der Waals surface area (Å²) in [6.07, 6.45) is 0. The van der Waals surface area contributed by atoms with Crippen molar-refractivity contribution < 1.29 is 0 Å². The van der Waals surface area contributed by atoms with Crippen LogP contribution in [0.4, 0.5) is 5.69 Å². The molecule has 0 heterocycles. The van der Waals surface area contributed by atoms with Crippen molar-refractivity contribution in [2.45, 2.75) is 20.4 Å². The van der Waals surface area contributed by atoms with E-state index in [2.05, 4.69) is 73.3 Å². The Kier molecular flexibility index (Phi) is 3.81. The molecule has 0 saturated carbocycles. The van der Waals surface area contributed by atoms with E-state index in [4.69, 9.17) is 0 Å². The van der Waals surface area contributed by atoms with Crippen molar-refractivity contribution in [3.63, 3.8) is 0 Å². The van der Waals surface area contributed by atoms with Gasteiger partial charge in [-0.1, -0.05) is 48.0 Å². The molecule has 0 saturated heterocycles. The van der Waals surface area contributed by atoms with Gasteiger partial charge in [0.05, 0.1) is 0 Å². The van der Waals surface area contributed by atoms with Gasteiger partial charge in [-0.3, -0.25) is 0 Å². The van der Waals surface area contributed by atoms with Crippen LogP contribution in [-0.2, 0) is 6.54 Å². The summed E-state index contributed by atoms with van der Waals surface area (Å²) in [5, 5.41) is 0. The predicted octanol–water partition coefficient (Wildman–Crippen LogP) is 4.02. The van der Waals surface area contributed by atoms with Gasteiger partial charge < -0.3 is 4.90 Å². The molecule has 0 unspecified atom stereocenters. The molecule has 88 valence electrons. The minimum atomic E-state index is 0.973. The fourth-order valence-electron chi connectivity index (χ4n) is 1.95. The molecule has 2 aromatic carbocycles. The number of anilines is 1. The van der Waals surface area contributed by atoms with Crippen LogP contribution in [0.3, 0.4) is 0 Å². The Morgan fingerprint density at radius 2 is 1.53 bits per heavy atom. The first-order valence-electron chi connectivity index (χ1n) is 6.15. The highest BCUT2D eigenvalue weighted by Gasteiger charge is 2.04. The molecule has 0 atom stereocenters. The maximum atomic E-state index is 2.38. The number of rotatable bonds is 4. The van der Waals surface area contributed by atoms with E-state index in [0.29, 0.717) is 0 Å². The molecule has 0 N–H and O–H groups in total. The van der Waals surface area contributed by atoms with Crippen molar-refractivity contribution in [1.29, 1.82) is 0 Å².